The van der Waals surface area contributed by atoms with Crippen LogP contribution in [0.15, 0.2) is 77.2 Å². The Morgan fingerprint density at radius 2 is 1.07 bits per heavy atom. The van der Waals surface area contributed by atoms with Crippen LogP contribution in [0.25, 0.3) is 11.0 Å². The van der Waals surface area contributed by atoms with E-state index in [1.54, 1.807) is 0 Å². The predicted octanol–water partition coefficient (Wildman–Crippen LogP) is 13.7. The molecule has 10 rings (SSSR count). The van der Waals surface area contributed by atoms with Crippen LogP contribution in [0.5, 0.6) is 0 Å². The molecule has 1 aromatic heterocycles. The number of fused-ring (bicyclic) bond motifs is 8. The Balaban J connectivity index is 1.36. The van der Waals surface area contributed by atoms with E-state index >= 15 is 0 Å². The SMILES string of the molecule is Cc1cc(C)c(N2c3cc(C)cc4c3B(c3cc5c(cc3N4c3ccc4c(c3)C(C)(C)CCC4(C)C)C(C)(C)CCC5(C)C)c3oc4ccc(C(C)(C)C)cc4c32)c(C)c1. The Morgan fingerprint density at radius 1 is 0.533 bits per heavy atom. The zero-order valence-electron chi connectivity index (χ0n) is 39.1. The molecular formula is C56H65BN2O. The average molecular weight is 793 g/mol. The maximum atomic E-state index is 7.39. The second-order valence-corrected chi connectivity index (χ2v) is 23.1. The minimum absolute atomic E-state index is 0.0107. The highest BCUT2D eigenvalue weighted by Crippen LogP contribution is 2.54. The van der Waals surface area contributed by atoms with Gasteiger partial charge in [0.05, 0.1) is 17.0 Å². The molecule has 4 heteroatoms. The largest absolute Gasteiger partial charge is 0.468 e. The van der Waals surface area contributed by atoms with Crippen LogP contribution in [0, 0.1) is 27.7 Å². The minimum Gasteiger partial charge on any atom is -0.468 e. The van der Waals surface area contributed by atoms with Crippen molar-refractivity contribution in [2.45, 2.75) is 157 Å². The lowest BCUT2D eigenvalue weighted by Crippen LogP contribution is -2.61. The van der Waals surface area contributed by atoms with Crippen LogP contribution in [-0.4, -0.2) is 6.71 Å². The lowest BCUT2D eigenvalue weighted by Gasteiger charge is -2.47. The Labute approximate surface area is 360 Å². The third-order valence-electron chi connectivity index (χ3n) is 15.6. The number of aryl methyl sites for hydroxylation is 4. The van der Waals surface area contributed by atoms with E-state index in [1.165, 1.54) is 126 Å². The summed E-state index contributed by atoms with van der Waals surface area (Å²) < 4.78 is 7.39. The molecule has 2 aliphatic heterocycles. The number of nitrogens with zero attached hydrogens (tertiary/aromatic N) is 2. The van der Waals surface area contributed by atoms with E-state index in [0.29, 0.717) is 0 Å². The molecule has 308 valence electrons. The van der Waals surface area contributed by atoms with Crippen LogP contribution in [0.3, 0.4) is 0 Å². The van der Waals surface area contributed by atoms with Gasteiger partial charge in [-0.1, -0.05) is 112 Å². The van der Waals surface area contributed by atoms with Gasteiger partial charge in [0.2, 0.25) is 0 Å². The van der Waals surface area contributed by atoms with Gasteiger partial charge < -0.3 is 14.2 Å². The van der Waals surface area contributed by atoms with Crippen LogP contribution in [0.2, 0.25) is 0 Å². The van der Waals surface area contributed by atoms with Crippen LogP contribution >= 0.6 is 0 Å². The molecule has 0 fully saturated rings. The zero-order chi connectivity index (χ0) is 42.8. The van der Waals surface area contributed by atoms with Crippen molar-refractivity contribution in [2.24, 2.45) is 0 Å². The fraction of sp³-hybridized carbons (Fsp3) is 0.429. The van der Waals surface area contributed by atoms with E-state index < -0.39 is 0 Å². The smallest absolute Gasteiger partial charge is 0.297 e. The lowest BCUT2D eigenvalue weighted by atomic mass is 9.35. The topological polar surface area (TPSA) is 19.6 Å². The summed E-state index contributed by atoms with van der Waals surface area (Å²) in [6, 6.07) is 29.3. The fourth-order valence-electron chi connectivity index (χ4n) is 11.9. The normalized spacial score (nSPS) is 19.1. The molecule has 5 aromatic carbocycles. The monoisotopic (exact) mass is 793 g/mol. The highest BCUT2D eigenvalue weighted by atomic mass is 16.3. The van der Waals surface area contributed by atoms with Crippen LogP contribution in [0.4, 0.5) is 34.1 Å². The summed E-state index contributed by atoms with van der Waals surface area (Å²) >= 11 is 0. The summed E-state index contributed by atoms with van der Waals surface area (Å²) in [5.41, 5.74) is 24.9. The van der Waals surface area contributed by atoms with Gasteiger partial charge >= 0.3 is 0 Å². The van der Waals surface area contributed by atoms with Crippen molar-refractivity contribution in [1.29, 1.82) is 0 Å². The predicted molar refractivity (Wildman–Crippen MR) is 258 cm³/mol. The third-order valence-corrected chi connectivity index (χ3v) is 15.6. The van der Waals surface area contributed by atoms with Crippen molar-refractivity contribution in [3.8, 4) is 0 Å². The van der Waals surface area contributed by atoms with Crippen molar-refractivity contribution in [3.63, 3.8) is 0 Å². The van der Waals surface area contributed by atoms with Gasteiger partial charge in [0.25, 0.3) is 6.71 Å². The minimum atomic E-state index is -0.0798. The van der Waals surface area contributed by atoms with Gasteiger partial charge in [-0.2, -0.15) is 0 Å². The number of rotatable bonds is 2. The first-order valence-electron chi connectivity index (χ1n) is 22.7. The molecule has 3 nitrogen and oxygen atoms in total. The molecule has 3 heterocycles. The molecule has 2 aliphatic carbocycles. The van der Waals surface area contributed by atoms with E-state index in [2.05, 4.69) is 186 Å². The number of anilines is 6. The first-order chi connectivity index (χ1) is 28.0. The van der Waals surface area contributed by atoms with E-state index in [0.717, 1.165) is 11.2 Å². The van der Waals surface area contributed by atoms with Gasteiger partial charge in [-0.05, 0) is 178 Å². The Kier molecular flexibility index (Phi) is 8.19. The Bertz CT molecular complexity index is 2800. The Hall–Kier alpha value is -4.70. The van der Waals surface area contributed by atoms with Crippen molar-refractivity contribution in [1.82, 2.24) is 0 Å². The standard InChI is InChI=1S/C56H65BN2O/c1-32-24-34(3)49(35(4)25-32)59-46-27-33(2)26-45-48(46)57(51-50(59)38-28-36(52(5,6)7)16-19-47(38)60-51)43-30-41-42(56(14,15)23-22-55(41,12)13)31-44(43)58(45)37-17-18-39-40(29-37)54(10,11)21-20-53(39,8)9/h16-19,24-31H,20-23H2,1-15H3. The molecule has 0 atom stereocenters. The summed E-state index contributed by atoms with van der Waals surface area (Å²) in [4.78, 5) is 5.26. The maximum absolute atomic E-state index is 7.39. The van der Waals surface area contributed by atoms with Gasteiger partial charge in [0.1, 0.15) is 5.58 Å². The summed E-state index contributed by atoms with van der Waals surface area (Å²) in [6.45, 7) is 35.6. The first-order valence-corrected chi connectivity index (χ1v) is 22.7. The van der Waals surface area contributed by atoms with E-state index in [9.17, 15) is 0 Å². The van der Waals surface area contributed by atoms with Crippen molar-refractivity contribution in [3.05, 3.63) is 123 Å². The van der Waals surface area contributed by atoms with E-state index in [1.807, 2.05) is 0 Å². The van der Waals surface area contributed by atoms with Gasteiger partial charge in [-0.25, -0.2) is 0 Å². The molecule has 0 bridgehead atoms. The molecule has 0 saturated carbocycles. The quantitative estimate of drug-likeness (QED) is 0.163. The maximum Gasteiger partial charge on any atom is 0.297 e. The second-order valence-electron chi connectivity index (χ2n) is 23.1. The molecule has 4 aliphatic rings. The van der Waals surface area contributed by atoms with E-state index in [-0.39, 0.29) is 33.8 Å². The fourth-order valence-corrected chi connectivity index (χ4v) is 11.9. The average Bonchev–Trinajstić information content (AvgIpc) is 3.53. The second kappa shape index (κ2) is 12.5. The van der Waals surface area contributed by atoms with Crippen molar-refractivity contribution < 1.29 is 4.42 Å². The molecule has 0 N–H and O–H groups in total. The Morgan fingerprint density at radius 3 is 1.67 bits per heavy atom. The summed E-state index contributed by atoms with van der Waals surface area (Å²) in [7, 11) is 0. The third kappa shape index (κ3) is 5.60. The molecule has 60 heavy (non-hydrogen) atoms. The molecule has 0 amide bonds. The number of hydrogen-bond acceptors (Lipinski definition) is 3. The van der Waals surface area contributed by atoms with Crippen LogP contribution in [-0.2, 0) is 27.1 Å². The number of benzene rings is 5. The number of hydrogen-bond donors (Lipinski definition) is 0. The molecule has 0 radical (unpaired) electrons. The molecule has 0 unspecified atom stereocenters. The highest BCUT2D eigenvalue weighted by Gasteiger charge is 2.50. The van der Waals surface area contributed by atoms with Gasteiger partial charge in [-0.3, -0.25) is 0 Å². The summed E-state index contributed by atoms with van der Waals surface area (Å²) in [5.74, 6) is 0. The van der Waals surface area contributed by atoms with Gasteiger partial charge in [0, 0.05) is 28.1 Å². The van der Waals surface area contributed by atoms with Gasteiger partial charge in [0.15, 0.2) is 0 Å². The summed E-state index contributed by atoms with van der Waals surface area (Å²) in [6.07, 6.45) is 4.72. The van der Waals surface area contributed by atoms with Gasteiger partial charge in [-0.15, -0.1) is 0 Å². The number of furan rings is 1. The van der Waals surface area contributed by atoms with Crippen molar-refractivity contribution >= 4 is 68.4 Å². The first kappa shape index (κ1) is 39.4. The molecule has 0 spiro atoms. The van der Waals surface area contributed by atoms with Crippen LogP contribution in [0.1, 0.15) is 152 Å². The van der Waals surface area contributed by atoms with Crippen LogP contribution < -0.4 is 26.4 Å². The molecular weight excluding hydrogens is 727 g/mol. The highest BCUT2D eigenvalue weighted by molar-refractivity contribution is 7.00. The van der Waals surface area contributed by atoms with Crippen molar-refractivity contribution in [2.75, 3.05) is 9.80 Å². The van der Waals surface area contributed by atoms with E-state index in [4.69, 9.17) is 4.42 Å². The molecule has 6 aromatic rings. The molecule has 0 saturated heterocycles. The summed E-state index contributed by atoms with van der Waals surface area (Å²) in [5, 5.41) is 1.19. The zero-order valence-corrected chi connectivity index (χ0v) is 39.1. The lowest BCUT2D eigenvalue weighted by molar-refractivity contribution is 0.332.